The van der Waals surface area contributed by atoms with E-state index >= 15 is 0 Å². The van der Waals surface area contributed by atoms with Crippen molar-refractivity contribution in [1.82, 2.24) is 10.3 Å². The zero-order valence-corrected chi connectivity index (χ0v) is 14.9. The van der Waals surface area contributed by atoms with Gasteiger partial charge in [0.15, 0.2) is 0 Å². The highest BCUT2D eigenvalue weighted by molar-refractivity contribution is 7.99. The number of rotatable bonds is 12. The number of aromatic nitrogens is 1. The van der Waals surface area contributed by atoms with Crippen molar-refractivity contribution in [1.29, 1.82) is 0 Å². The first-order chi connectivity index (χ1) is 10.1. The van der Waals surface area contributed by atoms with Gasteiger partial charge in [-0.25, -0.2) is 4.98 Å². The molecule has 0 saturated carbocycles. The normalized spacial score (nSPS) is 14.3. The maximum atomic E-state index is 9.88. The van der Waals surface area contributed by atoms with Crippen LogP contribution in [-0.2, 0) is 11.2 Å². The smallest absolute Gasteiger partial charge is 0.0897 e. The Hall–Kier alpha value is -0.140. The van der Waals surface area contributed by atoms with E-state index in [1.807, 2.05) is 24.2 Å². The fraction of sp³-hybridized carbons (Fsp3) is 0.800. The summed E-state index contributed by atoms with van der Waals surface area (Å²) < 4.78 is 5.54. The lowest BCUT2D eigenvalue weighted by Gasteiger charge is -2.17. The average molecular weight is 333 g/mol. The Morgan fingerprint density at radius 3 is 3.00 bits per heavy atom. The molecule has 21 heavy (non-hydrogen) atoms. The van der Waals surface area contributed by atoms with Crippen molar-refractivity contribution < 1.29 is 9.84 Å². The summed E-state index contributed by atoms with van der Waals surface area (Å²) in [6, 6.07) is 0.443. The molecule has 0 amide bonds. The topological polar surface area (TPSA) is 54.4 Å². The second-order valence-electron chi connectivity index (χ2n) is 5.13. The molecular formula is C15H28N2O2S2. The Morgan fingerprint density at radius 1 is 1.52 bits per heavy atom. The van der Waals surface area contributed by atoms with Crippen LogP contribution in [0.2, 0.25) is 0 Å². The predicted molar refractivity (Wildman–Crippen MR) is 92.5 cm³/mol. The molecule has 1 aromatic heterocycles. The molecule has 0 aliphatic carbocycles. The molecule has 0 saturated heterocycles. The van der Waals surface area contributed by atoms with Crippen LogP contribution in [-0.4, -0.2) is 53.5 Å². The summed E-state index contributed by atoms with van der Waals surface area (Å²) in [6.45, 7) is 7.98. The minimum Gasteiger partial charge on any atom is -0.389 e. The molecule has 0 aliphatic rings. The number of nitrogens with one attached hydrogen (secondary N) is 1. The molecule has 2 unspecified atom stereocenters. The second-order valence-corrected chi connectivity index (χ2v) is 7.47. The fourth-order valence-corrected chi connectivity index (χ4v) is 3.42. The van der Waals surface area contributed by atoms with Crippen LogP contribution in [0.3, 0.4) is 0 Å². The third-order valence-electron chi connectivity index (χ3n) is 3.23. The third kappa shape index (κ3) is 8.78. The number of aliphatic hydroxyl groups is 1. The molecule has 6 heteroatoms. The molecule has 122 valence electrons. The van der Waals surface area contributed by atoms with E-state index < -0.39 is 6.10 Å². The minimum absolute atomic E-state index is 0.390. The zero-order chi connectivity index (χ0) is 15.5. The van der Waals surface area contributed by atoms with E-state index in [0.717, 1.165) is 18.5 Å². The quantitative estimate of drug-likeness (QED) is 0.576. The number of hydrogen-bond donors (Lipinski definition) is 2. The van der Waals surface area contributed by atoms with Gasteiger partial charge in [0.2, 0.25) is 0 Å². The Bertz CT molecular complexity index is 374. The van der Waals surface area contributed by atoms with Gasteiger partial charge >= 0.3 is 0 Å². The van der Waals surface area contributed by atoms with Crippen LogP contribution in [0.15, 0.2) is 5.51 Å². The molecular weight excluding hydrogens is 304 g/mol. The van der Waals surface area contributed by atoms with Crippen molar-refractivity contribution in [2.45, 2.75) is 45.8 Å². The number of aliphatic hydroxyl groups excluding tert-OH is 1. The van der Waals surface area contributed by atoms with E-state index in [-0.39, 0.29) is 0 Å². The lowest BCUT2D eigenvalue weighted by atomic mass is 10.2. The largest absolute Gasteiger partial charge is 0.389 e. The van der Waals surface area contributed by atoms with Gasteiger partial charge in [0.1, 0.15) is 0 Å². The summed E-state index contributed by atoms with van der Waals surface area (Å²) in [7, 11) is 0. The van der Waals surface area contributed by atoms with Gasteiger partial charge in [-0.05, 0) is 31.8 Å². The third-order valence-corrected chi connectivity index (χ3v) is 5.16. The maximum absolute atomic E-state index is 9.88. The number of ether oxygens (including phenoxy) is 1. The summed E-state index contributed by atoms with van der Waals surface area (Å²) in [4.78, 5) is 5.48. The zero-order valence-electron chi connectivity index (χ0n) is 13.3. The van der Waals surface area contributed by atoms with E-state index in [9.17, 15) is 5.11 Å². The van der Waals surface area contributed by atoms with Crippen LogP contribution in [0.5, 0.6) is 0 Å². The molecule has 0 spiro atoms. The molecule has 0 aliphatic heterocycles. The van der Waals surface area contributed by atoms with E-state index in [1.54, 1.807) is 11.3 Å². The standard InChI is InChI=1S/C15H28N2O2S2/c1-4-20-8-6-12(2)16-9-14(18)10-19-7-5-15-13(3)17-11-21-15/h11-12,14,16,18H,4-10H2,1-3H3. The highest BCUT2D eigenvalue weighted by Gasteiger charge is 2.08. The lowest BCUT2D eigenvalue weighted by Crippen LogP contribution is -2.36. The molecule has 0 bridgehead atoms. The van der Waals surface area contributed by atoms with Gasteiger partial charge in [-0.2, -0.15) is 11.8 Å². The van der Waals surface area contributed by atoms with Gasteiger partial charge in [0.05, 0.1) is 30.5 Å². The van der Waals surface area contributed by atoms with E-state index in [1.165, 1.54) is 16.4 Å². The first kappa shape index (κ1) is 18.9. The fourth-order valence-electron chi connectivity index (χ4n) is 1.85. The Morgan fingerprint density at radius 2 is 2.33 bits per heavy atom. The molecule has 2 atom stereocenters. The van der Waals surface area contributed by atoms with Gasteiger partial charge in [-0.15, -0.1) is 11.3 Å². The van der Waals surface area contributed by atoms with Crippen molar-refractivity contribution in [3.05, 3.63) is 16.1 Å². The van der Waals surface area contributed by atoms with Crippen molar-refractivity contribution in [2.24, 2.45) is 0 Å². The Labute approximate surface area is 136 Å². The van der Waals surface area contributed by atoms with Gasteiger partial charge in [0, 0.05) is 23.9 Å². The van der Waals surface area contributed by atoms with E-state index in [4.69, 9.17) is 4.74 Å². The summed E-state index contributed by atoms with van der Waals surface area (Å²) in [5, 5.41) is 13.2. The SMILES string of the molecule is CCSCCC(C)NCC(O)COCCc1scnc1C. The predicted octanol–water partition coefficient (Wildman–Crippen LogP) is 2.49. The number of nitrogens with zero attached hydrogens (tertiary/aromatic N) is 1. The molecule has 2 N–H and O–H groups in total. The van der Waals surface area contributed by atoms with E-state index in [0.29, 0.717) is 25.8 Å². The monoisotopic (exact) mass is 332 g/mol. The molecule has 0 radical (unpaired) electrons. The summed E-state index contributed by atoms with van der Waals surface area (Å²) in [6.07, 6.45) is 1.58. The molecule has 1 aromatic rings. The molecule has 4 nitrogen and oxygen atoms in total. The molecule has 1 rings (SSSR count). The van der Waals surface area contributed by atoms with Gasteiger partial charge in [-0.3, -0.25) is 0 Å². The van der Waals surface area contributed by atoms with E-state index in [2.05, 4.69) is 24.1 Å². The molecule has 0 aromatic carbocycles. The van der Waals surface area contributed by atoms with Crippen molar-refractivity contribution in [3.63, 3.8) is 0 Å². The minimum atomic E-state index is -0.436. The van der Waals surface area contributed by atoms with Crippen molar-refractivity contribution in [2.75, 3.05) is 31.3 Å². The Kier molecular flexibility index (Phi) is 10.3. The first-order valence-electron chi connectivity index (χ1n) is 7.59. The van der Waals surface area contributed by atoms with Crippen LogP contribution in [0.25, 0.3) is 0 Å². The lowest BCUT2D eigenvalue weighted by molar-refractivity contribution is 0.0373. The number of aryl methyl sites for hydroxylation is 1. The van der Waals surface area contributed by atoms with Gasteiger partial charge in [-0.1, -0.05) is 6.92 Å². The number of thiazole rings is 1. The highest BCUT2D eigenvalue weighted by Crippen LogP contribution is 2.12. The maximum Gasteiger partial charge on any atom is 0.0897 e. The molecule has 0 fully saturated rings. The number of hydrogen-bond acceptors (Lipinski definition) is 6. The van der Waals surface area contributed by atoms with Gasteiger partial charge < -0.3 is 15.2 Å². The van der Waals surface area contributed by atoms with Crippen LogP contribution < -0.4 is 5.32 Å². The van der Waals surface area contributed by atoms with Crippen molar-refractivity contribution in [3.8, 4) is 0 Å². The second kappa shape index (κ2) is 11.4. The number of thioether (sulfide) groups is 1. The summed E-state index contributed by atoms with van der Waals surface area (Å²) in [5.74, 6) is 2.34. The van der Waals surface area contributed by atoms with Crippen LogP contribution in [0.1, 0.15) is 30.8 Å². The summed E-state index contributed by atoms with van der Waals surface area (Å²) in [5.41, 5.74) is 2.95. The van der Waals surface area contributed by atoms with Crippen molar-refractivity contribution >= 4 is 23.1 Å². The average Bonchev–Trinajstić information content (AvgIpc) is 2.87. The van der Waals surface area contributed by atoms with Gasteiger partial charge in [0.25, 0.3) is 0 Å². The van der Waals surface area contributed by atoms with Crippen LogP contribution >= 0.6 is 23.1 Å². The first-order valence-corrected chi connectivity index (χ1v) is 9.62. The Balaban J connectivity index is 2.00. The summed E-state index contributed by atoms with van der Waals surface area (Å²) >= 11 is 3.62. The van der Waals surface area contributed by atoms with Crippen LogP contribution in [0, 0.1) is 6.92 Å². The van der Waals surface area contributed by atoms with Crippen LogP contribution in [0.4, 0.5) is 0 Å². The molecule has 1 heterocycles. The highest BCUT2D eigenvalue weighted by atomic mass is 32.2.